The van der Waals surface area contributed by atoms with Gasteiger partial charge in [0.15, 0.2) is 0 Å². The zero-order valence-electron chi connectivity index (χ0n) is 10.1. The van der Waals surface area contributed by atoms with Gasteiger partial charge in [0.25, 0.3) is 0 Å². The van der Waals surface area contributed by atoms with Crippen LogP contribution in [0.5, 0.6) is 0 Å². The van der Waals surface area contributed by atoms with Crippen LogP contribution < -0.4 is 0 Å². The van der Waals surface area contributed by atoms with Gasteiger partial charge in [-0.15, -0.1) is 0 Å². The van der Waals surface area contributed by atoms with Gasteiger partial charge in [0.05, 0.1) is 6.61 Å². The fraction of sp³-hybridized carbons (Fsp3) is 0.769. The molecule has 0 aliphatic heterocycles. The zero-order chi connectivity index (χ0) is 11.3. The molecule has 1 unspecified atom stereocenters. The highest BCUT2D eigenvalue weighted by Crippen LogP contribution is 2.28. The van der Waals surface area contributed by atoms with Gasteiger partial charge in [-0.05, 0) is 45.4 Å². The number of rotatable bonds is 2. The van der Waals surface area contributed by atoms with Gasteiger partial charge in [-0.1, -0.05) is 18.9 Å². The van der Waals surface area contributed by atoms with Gasteiger partial charge < -0.3 is 4.74 Å². The Bertz CT molecular complexity index is 253. The van der Waals surface area contributed by atoms with Crippen LogP contribution in [0.15, 0.2) is 11.1 Å². The lowest BCUT2D eigenvalue weighted by molar-refractivity contribution is -0.138. The average molecular weight is 210 g/mol. The molecule has 2 nitrogen and oxygen atoms in total. The van der Waals surface area contributed by atoms with Crippen molar-refractivity contribution in [2.24, 2.45) is 5.92 Å². The van der Waals surface area contributed by atoms with Gasteiger partial charge in [-0.25, -0.2) is 4.79 Å². The summed E-state index contributed by atoms with van der Waals surface area (Å²) in [6.45, 7) is 6.52. The molecule has 0 amide bonds. The fourth-order valence-corrected chi connectivity index (χ4v) is 2.11. The lowest BCUT2D eigenvalue weighted by atomic mass is 10.0. The molecule has 1 atom stereocenters. The zero-order valence-corrected chi connectivity index (χ0v) is 10.1. The van der Waals surface area contributed by atoms with Crippen molar-refractivity contribution in [3.05, 3.63) is 11.1 Å². The fourth-order valence-electron chi connectivity index (χ4n) is 2.11. The number of hydrogen-bond donors (Lipinski definition) is 0. The van der Waals surface area contributed by atoms with Crippen LogP contribution in [0.1, 0.15) is 52.9 Å². The minimum atomic E-state index is -0.123. The minimum absolute atomic E-state index is 0.123. The van der Waals surface area contributed by atoms with E-state index in [0.29, 0.717) is 6.61 Å². The Hall–Kier alpha value is -0.790. The number of esters is 1. The molecule has 0 aromatic heterocycles. The number of ether oxygens (including phenoxy) is 1. The van der Waals surface area contributed by atoms with Crippen LogP contribution in [0, 0.1) is 5.92 Å². The Balaban J connectivity index is 2.66. The molecule has 0 spiro atoms. The predicted molar refractivity (Wildman–Crippen MR) is 61.6 cm³/mol. The first-order chi connectivity index (χ1) is 7.15. The first-order valence-electron chi connectivity index (χ1n) is 6.00. The third kappa shape index (κ3) is 3.69. The Morgan fingerprint density at radius 3 is 2.80 bits per heavy atom. The molecule has 1 rings (SSSR count). The van der Waals surface area contributed by atoms with E-state index < -0.39 is 0 Å². The van der Waals surface area contributed by atoms with E-state index in [1.165, 1.54) is 24.8 Å². The van der Waals surface area contributed by atoms with E-state index in [-0.39, 0.29) is 5.97 Å². The van der Waals surface area contributed by atoms with Crippen LogP contribution in [-0.4, -0.2) is 12.6 Å². The number of allylic oxidation sites excluding steroid dienone is 1. The van der Waals surface area contributed by atoms with Crippen LogP contribution in [0.4, 0.5) is 0 Å². The van der Waals surface area contributed by atoms with Gasteiger partial charge in [0.2, 0.25) is 0 Å². The molecule has 1 aliphatic carbocycles. The summed E-state index contributed by atoms with van der Waals surface area (Å²) in [6, 6.07) is 0. The maximum atomic E-state index is 11.6. The smallest absolute Gasteiger partial charge is 0.333 e. The largest absolute Gasteiger partial charge is 0.463 e. The van der Waals surface area contributed by atoms with Crippen LogP contribution in [0.25, 0.3) is 0 Å². The Morgan fingerprint density at radius 1 is 1.40 bits per heavy atom. The van der Waals surface area contributed by atoms with Crippen molar-refractivity contribution < 1.29 is 9.53 Å². The number of carbonyl (C=O) groups is 1. The minimum Gasteiger partial charge on any atom is -0.463 e. The van der Waals surface area contributed by atoms with E-state index in [4.69, 9.17) is 4.74 Å². The van der Waals surface area contributed by atoms with Crippen molar-refractivity contribution in [1.29, 1.82) is 0 Å². The molecule has 0 aromatic carbocycles. The summed E-state index contributed by atoms with van der Waals surface area (Å²) in [5, 5.41) is 0. The van der Waals surface area contributed by atoms with Gasteiger partial charge >= 0.3 is 5.97 Å². The number of hydrogen-bond acceptors (Lipinski definition) is 2. The third-order valence-electron chi connectivity index (χ3n) is 3.23. The highest BCUT2D eigenvalue weighted by molar-refractivity contribution is 5.88. The Labute approximate surface area is 92.7 Å². The lowest BCUT2D eigenvalue weighted by Crippen LogP contribution is -2.07. The molecule has 1 aliphatic rings. The molecule has 1 saturated carbocycles. The van der Waals surface area contributed by atoms with E-state index in [9.17, 15) is 4.79 Å². The maximum absolute atomic E-state index is 11.6. The summed E-state index contributed by atoms with van der Waals surface area (Å²) >= 11 is 0. The van der Waals surface area contributed by atoms with Crippen molar-refractivity contribution in [2.75, 3.05) is 6.61 Å². The highest BCUT2D eigenvalue weighted by Gasteiger charge is 2.16. The van der Waals surface area contributed by atoms with E-state index in [1.807, 2.05) is 13.8 Å². The third-order valence-corrected chi connectivity index (χ3v) is 3.23. The monoisotopic (exact) mass is 210 g/mol. The Morgan fingerprint density at radius 2 is 2.13 bits per heavy atom. The van der Waals surface area contributed by atoms with Gasteiger partial charge in [-0.3, -0.25) is 0 Å². The normalized spacial score (nSPS) is 25.7. The molecule has 0 bridgehead atoms. The van der Waals surface area contributed by atoms with E-state index in [0.717, 1.165) is 24.3 Å². The molecule has 0 radical (unpaired) electrons. The standard InChI is InChI=1S/C13H22O2/c1-4-15-13(14)11(3)12-7-5-6-10(2)8-9-12/h10H,4-9H2,1-3H3. The van der Waals surface area contributed by atoms with Gasteiger partial charge in [-0.2, -0.15) is 0 Å². The van der Waals surface area contributed by atoms with Gasteiger partial charge in [0, 0.05) is 5.57 Å². The SMILES string of the molecule is CCOC(=O)C(C)=C1CCCC(C)CC1. The topological polar surface area (TPSA) is 26.3 Å². The molecule has 1 fully saturated rings. The molecule has 0 aromatic rings. The summed E-state index contributed by atoms with van der Waals surface area (Å²) in [5.74, 6) is 0.680. The summed E-state index contributed by atoms with van der Waals surface area (Å²) in [7, 11) is 0. The second-order valence-corrected chi connectivity index (χ2v) is 4.49. The lowest BCUT2D eigenvalue weighted by Gasteiger charge is -2.09. The van der Waals surface area contributed by atoms with Crippen molar-refractivity contribution in [3.8, 4) is 0 Å². The van der Waals surface area contributed by atoms with Crippen molar-refractivity contribution in [1.82, 2.24) is 0 Å². The van der Waals surface area contributed by atoms with Crippen LogP contribution in [0.3, 0.4) is 0 Å². The summed E-state index contributed by atoms with van der Waals surface area (Å²) in [4.78, 5) is 11.6. The Kier molecular flexibility index (Phi) is 4.86. The second-order valence-electron chi connectivity index (χ2n) is 4.49. The van der Waals surface area contributed by atoms with Gasteiger partial charge in [0.1, 0.15) is 0 Å². The molecule has 0 N–H and O–H groups in total. The first-order valence-corrected chi connectivity index (χ1v) is 6.00. The van der Waals surface area contributed by atoms with E-state index in [2.05, 4.69) is 6.92 Å². The summed E-state index contributed by atoms with van der Waals surface area (Å²) < 4.78 is 5.03. The van der Waals surface area contributed by atoms with E-state index >= 15 is 0 Å². The summed E-state index contributed by atoms with van der Waals surface area (Å²) in [6.07, 6.45) is 5.87. The van der Waals surface area contributed by atoms with Crippen molar-refractivity contribution in [2.45, 2.75) is 52.9 Å². The first kappa shape index (κ1) is 12.3. The predicted octanol–water partition coefficient (Wildman–Crippen LogP) is 3.47. The highest BCUT2D eigenvalue weighted by atomic mass is 16.5. The molecular weight excluding hydrogens is 188 g/mol. The van der Waals surface area contributed by atoms with Crippen LogP contribution >= 0.6 is 0 Å². The average Bonchev–Trinajstić information content (AvgIpc) is 2.42. The molecule has 2 heteroatoms. The number of carbonyl (C=O) groups excluding carboxylic acids is 1. The van der Waals surface area contributed by atoms with Crippen LogP contribution in [0.2, 0.25) is 0 Å². The molecular formula is C13H22O2. The van der Waals surface area contributed by atoms with Crippen LogP contribution in [-0.2, 0) is 9.53 Å². The maximum Gasteiger partial charge on any atom is 0.333 e. The van der Waals surface area contributed by atoms with Crippen molar-refractivity contribution in [3.63, 3.8) is 0 Å². The molecule has 0 saturated heterocycles. The van der Waals surface area contributed by atoms with E-state index in [1.54, 1.807) is 0 Å². The second kappa shape index (κ2) is 5.94. The molecule has 86 valence electrons. The quantitative estimate of drug-likeness (QED) is 0.396. The van der Waals surface area contributed by atoms with Crippen molar-refractivity contribution >= 4 is 5.97 Å². The molecule has 15 heavy (non-hydrogen) atoms. The molecule has 0 heterocycles. The summed E-state index contributed by atoms with van der Waals surface area (Å²) in [5.41, 5.74) is 2.17.